The molecule has 0 unspecified atom stereocenters. The van der Waals surface area contributed by atoms with Crippen molar-refractivity contribution in [2.24, 2.45) is 5.41 Å². The average Bonchev–Trinajstić information content (AvgIpc) is 2.17. The van der Waals surface area contributed by atoms with Gasteiger partial charge >= 0.3 is 11.9 Å². The molecule has 5 heteroatoms. The fourth-order valence-electron chi connectivity index (χ4n) is 2.11. The van der Waals surface area contributed by atoms with Crippen LogP contribution >= 0.6 is 0 Å². The van der Waals surface area contributed by atoms with Crippen molar-refractivity contribution in [3.05, 3.63) is 0 Å². The molecule has 2 atom stereocenters. The molecule has 1 aliphatic rings. The van der Waals surface area contributed by atoms with Gasteiger partial charge in [-0.2, -0.15) is 0 Å². The molecular weight excluding hydrogens is 224 g/mol. The number of rotatable bonds is 2. The number of esters is 2. The van der Waals surface area contributed by atoms with Gasteiger partial charge in [0.15, 0.2) is 6.10 Å². The number of carbonyl (C=O) groups is 3. The summed E-state index contributed by atoms with van der Waals surface area (Å²) in [5.41, 5.74) is -0.815. The normalized spacial score (nSPS) is 27.4. The molecule has 0 spiro atoms. The first kappa shape index (κ1) is 13.7. The summed E-state index contributed by atoms with van der Waals surface area (Å²) in [4.78, 5) is 33.9. The molecule has 0 bridgehead atoms. The van der Waals surface area contributed by atoms with Gasteiger partial charge in [0.05, 0.1) is 5.41 Å². The van der Waals surface area contributed by atoms with Crippen LogP contribution in [0.3, 0.4) is 0 Å². The maximum atomic E-state index is 11.8. The van der Waals surface area contributed by atoms with E-state index in [0.29, 0.717) is 12.8 Å². The van der Waals surface area contributed by atoms with E-state index in [-0.39, 0.29) is 5.78 Å². The minimum Gasteiger partial charge on any atom is -0.459 e. The van der Waals surface area contributed by atoms with E-state index in [4.69, 9.17) is 9.47 Å². The minimum absolute atomic E-state index is 0.0205. The van der Waals surface area contributed by atoms with Gasteiger partial charge in [0.1, 0.15) is 11.9 Å². The number of carbonyl (C=O) groups excluding carboxylic acids is 3. The molecule has 5 nitrogen and oxygen atoms in total. The van der Waals surface area contributed by atoms with Crippen LogP contribution in [0, 0.1) is 5.41 Å². The minimum atomic E-state index is -0.815. The molecule has 0 radical (unpaired) electrons. The Labute approximate surface area is 100 Å². The third-order valence-corrected chi connectivity index (χ3v) is 3.03. The van der Waals surface area contributed by atoms with Crippen LogP contribution in [0.15, 0.2) is 0 Å². The summed E-state index contributed by atoms with van der Waals surface area (Å²) in [6.07, 6.45) is -0.503. The Bertz CT molecular complexity index is 345. The van der Waals surface area contributed by atoms with E-state index in [9.17, 15) is 14.4 Å². The van der Waals surface area contributed by atoms with E-state index < -0.39 is 29.6 Å². The highest BCUT2D eigenvalue weighted by Crippen LogP contribution is 2.36. The largest absolute Gasteiger partial charge is 0.459 e. The second-order valence-electron chi connectivity index (χ2n) is 4.86. The van der Waals surface area contributed by atoms with E-state index in [1.807, 2.05) is 0 Å². The van der Waals surface area contributed by atoms with Crippen LogP contribution in [0.1, 0.15) is 40.5 Å². The van der Waals surface area contributed by atoms with Crippen LogP contribution in [0.4, 0.5) is 0 Å². The molecule has 0 amide bonds. The van der Waals surface area contributed by atoms with Crippen molar-refractivity contribution in [3.8, 4) is 0 Å². The van der Waals surface area contributed by atoms with E-state index in [0.717, 1.165) is 0 Å². The molecule has 0 aliphatic heterocycles. The van der Waals surface area contributed by atoms with Crippen molar-refractivity contribution in [1.82, 2.24) is 0 Å². The Morgan fingerprint density at radius 1 is 1.18 bits per heavy atom. The van der Waals surface area contributed by atoms with Crippen LogP contribution in [0.2, 0.25) is 0 Å². The summed E-state index contributed by atoms with van der Waals surface area (Å²) >= 11 is 0. The monoisotopic (exact) mass is 242 g/mol. The maximum absolute atomic E-state index is 11.8. The van der Waals surface area contributed by atoms with E-state index >= 15 is 0 Å². The second kappa shape index (κ2) is 4.85. The van der Waals surface area contributed by atoms with Crippen LogP contribution in [-0.2, 0) is 23.9 Å². The lowest BCUT2D eigenvalue weighted by Crippen LogP contribution is -2.52. The average molecular weight is 242 g/mol. The molecule has 0 aromatic heterocycles. The number of hydrogen-bond donors (Lipinski definition) is 0. The SMILES string of the molecule is CC(=O)O[C@H]1CCC(=O)C(C)(C)[C@H]1OC(C)=O. The molecule has 0 heterocycles. The first-order valence-electron chi connectivity index (χ1n) is 5.63. The summed E-state index contributed by atoms with van der Waals surface area (Å²) in [5.74, 6) is -0.889. The lowest BCUT2D eigenvalue weighted by atomic mass is 9.72. The molecule has 1 rings (SSSR count). The highest BCUT2D eigenvalue weighted by Gasteiger charge is 2.48. The van der Waals surface area contributed by atoms with E-state index in [1.165, 1.54) is 13.8 Å². The van der Waals surface area contributed by atoms with Crippen molar-refractivity contribution in [2.75, 3.05) is 0 Å². The van der Waals surface area contributed by atoms with Gasteiger partial charge in [-0.1, -0.05) is 0 Å². The Kier molecular flexibility index (Phi) is 3.91. The smallest absolute Gasteiger partial charge is 0.303 e. The molecule has 17 heavy (non-hydrogen) atoms. The molecule has 0 N–H and O–H groups in total. The third kappa shape index (κ3) is 3.05. The predicted octanol–water partition coefficient (Wildman–Crippen LogP) is 1.24. The molecule has 0 saturated heterocycles. The van der Waals surface area contributed by atoms with Crippen molar-refractivity contribution >= 4 is 17.7 Å². The molecule has 1 aliphatic carbocycles. The lowest BCUT2D eigenvalue weighted by Gasteiger charge is -2.40. The Hall–Kier alpha value is -1.39. The van der Waals surface area contributed by atoms with Crippen molar-refractivity contribution in [3.63, 3.8) is 0 Å². The molecule has 1 saturated carbocycles. The van der Waals surface area contributed by atoms with Crippen LogP contribution < -0.4 is 0 Å². The fourth-order valence-corrected chi connectivity index (χ4v) is 2.11. The van der Waals surface area contributed by atoms with Crippen LogP contribution in [-0.4, -0.2) is 29.9 Å². The summed E-state index contributed by atoms with van der Waals surface area (Å²) in [6.45, 7) is 5.99. The third-order valence-electron chi connectivity index (χ3n) is 3.03. The zero-order valence-electron chi connectivity index (χ0n) is 10.6. The van der Waals surface area contributed by atoms with Gasteiger partial charge < -0.3 is 9.47 Å². The highest BCUT2D eigenvalue weighted by molar-refractivity contribution is 5.86. The van der Waals surface area contributed by atoms with E-state index in [2.05, 4.69) is 0 Å². The summed E-state index contributed by atoms with van der Waals surface area (Å²) in [6, 6.07) is 0. The Balaban J connectivity index is 2.93. The van der Waals surface area contributed by atoms with Gasteiger partial charge in [-0.15, -0.1) is 0 Å². The number of Topliss-reactive ketones (excluding diaryl/α,β-unsaturated/α-hetero) is 1. The molecule has 96 valence electrons. The molecular formula is C12H18O5. The summed E-state index contributed by atoms with van der Waals surface area (Å²) in [5, 5.41) is 0. The summed E-state index contributed by atoms with van der Waals surface area (Å²) in [7, 11) is 0. The van der Waals surface area contributed by atoms with Gasteiger partial charge in [-0.3, -0.25) is 14.4 Å². The fraction of sp³-hybridized carbons (Fsp3) is 0.750. The van der Waals surface area contributed by atoms with Gasteiger partial charge in [-0.05, 0) is 20.3 Å². The predicted molar refractivity (Wildman–Crippen MR) is 59.1 cm³/mol. The molecule has 0 aromatic carbocycles. The lowest BCUT2D eigenvalue weighted by molar-refractivity contribution is -0.184. The standard InChI is InChI=1S/C12H18O5/c1-7(13)16-9-5-6-10(15)12(3,4)11(9)17-8(2)14/h9,11H,5-6H2,1-4H3/t9-,11-/m0/s1. The van der Waals surface area contributed by atoms with Crippen molar-refractivity contribution in [1.29, 1.82) is 0 Å². The highest BCUT2D eigenvalue weighted by atomic mass is 16.6. The van der Waals surface area contributed by atoms with Crippen molar-refractivity contribution < 1.29 is 23.9 Å². The first-order chi connectivity index (χ1) is 7.75. The van der Waals surface area contributed by atoms with Crippen molar-refractivity contribution in [2.45, 2.75) is 52.7 Å². The Morgan fingerprint density at radius 3 is 2.18 bits per heavy atom. The van der Waals surface area contributed by atoms with Crippen LogP contribution in [0.25, 0.3) is 0 Å². The quantitative estimate of drug-likeness (QED) is 0.681. The molecule has 0 aromatic rings. The second-order valence-corrected chi connectivity index (χ2v) is 4.86. The topological polar surface area (TPSA) is 69.7 Å². The number of hydrogen-bond acceptors (Lipinski definition) is 5. The number of ketones is 1. The van der Waals surface area contributed by atoms with Gasteiger partial charge in [0.2, 0.25) is 0 Å². The maximum Gasteiger partial charge on any atom is 0.303 e. The first-order valence-corrected chi connectivity index (χ1v) is 5.63. The van der Waals surface area contributed by atoms with Gasteiger partial charge in [0, 0.05) is 20.3 Å². The van der Waals surface area contributed by atoms with E-state index in [1.54, 1.807) is 13.8 Å². The zero-order valence-corrected chi connectivity index (χ0v) is 10.6. The zero-order chi connectivity index (χ0) is 13.2. The summed E-state index contributed by atoms with van der Waals surface area (Å²) < 4.78 is 10.3. The van der Waals surface area contributed by atoms with Gasteiger partial charge in [-0.25, -0.2) is 0 Å². The number of ether oxygens (including phenoxy) is 2. The Morgan fingerprint density at radius 2 is 1.71 bits per heavy atom. The molecule has 1 fully saturated rings. The van der Waals surface area contributed by atoms with Crippen LogP contribution in [0.5, 0.6) is 0 Å². The van der Waals surface area contributed by atoms with Gasteiger partial charge in [0.25, 0.3) is 0 Å².